The molecular weight excluding hydrogens is 266 g/mol. The number of carbonyl (C=O) groups is 1. The summed E-state index contributed by atoms with van der Waals surface area (Å²) >= 11 is 0. The van der Waals surface area contributed by atoms with Gasteiger partial charge in [-0.25, -0.2) is 0 Å². The fourth-order valence-corrected chi connectivity index (χ4v) is 2.15. The van der Waals surface area contributed by atoms with Crippen molar-refractivity contribution < 1.29 is 14.6 Å². The first-order chi connectivity index (χ1) is 10.2. The van der Waals surface area contributed by atoms with Gasteiger partial charge in [-0.2, -0.15) is 0 Å². The van der Waals surface area contributed by atoms with Crippen LogP contribution in [-0.4, -0.2) is 18.2 Å². The molecule has 0 radical (unpaired) electrons. The Kier molecular flexibility index (Phi) is 5.35. The number of esters is 1. The second-order valence-corrected chi connectivity index (χ2v) is 4.79. The molecule has 2 aromatic carbocycles. The van der Waals surface area contributed by atoms with Gasteiger partial charge in [-0.1, -0.05) is 42.5 Å². The minimum Gasteiger partial charge on any atom is -0.508 e. The lowest BCUT2D eigenvalue weighted by Gasteiger charge is -2.18. The third-order valence-corrected chi connectivity index (χ3v) is 3.26. The molecule has 0 saturated heterocycles. The normalized spacial score (nSPS) is 11.9. The van der Waals surface area contributed by atoms with Gasteiger partial charge in [0.05, 0.1) is 13.5 Å². The summed E-state index contributed by atoms with van der Waals surface area (Å²) in [6.07, 6.45) is 0.263. The van der Waals surface area contributed by atoms with Gasteiger partial charge in [0.1, 0.15) is 5.75 Å². The number of benzene rings is 2. The Labute approximate surface area is 124 Å². The van der Waals surface area contributed by atoms with Crippen LogP contribution in [0.4, 0.5) is 0 Å². The number of rotatable bonds is 6. The Morgan fingerprint density at radius 2 is 1.95 bits per heavy atom. The van der Waals surface area contributed by atoms with Crippen molar-refractivity contribution in [3.8, 4) is 5.75 Å². The number of methoxy groups -OCH3 is 1. The largest absolute Gasteiger partial charge is 0.508 e. The molecule has 0 spiro atoms. The lowest BCUT2D eigenvalue weighted by molar-refractivity contribution is -0.141. The van der Waals surface area contributed by atoms with Gasteiger partial charge < -0.3 is 15.2 Å². The molecule has 0 aliphatic heterocycles. The molecule has 2 aromatic rings. The lowest BCUT2D eigenvalue weighted by atomic mass is 10.0. The molecule has 0 amide bonds. The number of phenolic OH excluding ortho intramolecular Hbond substituents is 1. The minimum atomic E-state index is -0.257. The molecule has 0 bridgehead atoms. The standard InChI is InChI=1S/C17H19NO3/c1-21-17(20)11-16(14-7-3-2-4-8-14)18-12-13-6-5-9-15(19)10-13/h2-10,16,18-19H,11-12H2,1H3. The van der Waals surface area contributed by atoms with E-state index < -0.39 is 0 Å². The summed E-state index contributed by atoms with van der Waals surface area (Å²) in [6.45, 7) is 0.560. The Morgan fingerprint density at radius 1 is 1.19 bits per heavy atom. The van der Waals surface area contributed by atoms with Crippen molar-refractivity contribution in [1.29, 1.82) is 0 Å². The number of hydrogen-bond acceptors (Lipinski definition) is 4. The van der Waals surface area contributed by atoms with Crippen LogP contribution in [0.1, 0.15) is 23.6 Å². The van der Waals surface area contributed by atoms with Crippen LogP contribution in [0.2, 0.25) is 0 Å². The maximum Gasteiger partial charge on any atom is 0.307 e. The van der Waals surface area contributed by atoms with E-state index in [1.54, 1.807) is 18.2 Å². The molecule has 2 rings (SSSR count). The van der Waals surface area contributed by atoms with Crippen LogP contribution < -0.4 is 5.32 Å². The van der Waals surface area contributed by atoms with E-state index in [1.807, 2.05) is 36.4 Å². The second kappa shape index (κ2) is 7.45. The summed E-state index contributed by atoms with van der Waals surface area (Å²) in [5, 5.41) is 12.8. The van der Waals surface area contributed by atoms with Crippen LogP contribution >= 0.6 is 0 Å². The van der Waals surface area contributed by atoms with E-state index in [0.29, 0.717) is 6.54 Å². The average molecular weight is 285 g/mol. The molecule has 1 atom stereocenters. The predicted molar refractivity (Wildman–Crippen MR) is 80.8 cm³/mol. The second-order valence-electron chi connectivity index (χ2n) is 4.79. The summed E-state index contributed by atoms with van der Waals surface area (Å²) in [5.74, 6) is -0.0224. The van der Waals surface area contributed by atoms with E-state index >= 15 is 0 Å². The van der Waals surface area contributed by atoms with Gasteiger partial charge in [0.25, 0.3) is 0 Å². The fourth-order valence-electron chi connectivity index (χ4n) is 2.15. The van der Waals surface area contributed by atoms with E-state index in [2.05, 4.69) is 5.32 Å². The van der Waals surface area contributed by atoms with E-state index in [4.69, 9.17) is 4.74 Å². The first-order valence-electron chi connectivity index (χ1n) is 6.82. The number of ether oxygens (including phenoxy) is 1. The SMILES string of the molecule is COC(=O)CC(NCc1cccc(O)c1)c1ccccc1. The third kappa shape index (κ3) is 4.61. The van der Waals surface area contributed by atoms with Gasteiger partial charge in [-0.3, -0.25) is 4.79 Å². The highest BCUT2D eigenvalue weighted by molar-refractivity contribution is 5.70. The van der Waals surface area contributed by atoms with E-state index in [-0.39, 0.29) is 24.2 Å². The minimum absolute atomic E-state index is 0.124. The van der Waals surface area contributed by atoms with Crippen molar-refractivity contribution in [2.75, 3.05) is 7.11 Å². The summed E-state index contributed by atoms with van der Waals surface area (Å²) in [4.78, 5) is 11.6. The van der Waals surface area contributed by atoms with Crippen molar-refractivity contribution in [2.45, 2.75) is 19.0 Å². The predicted octanol–water partition coefficient (Wildman–Crippen LogP) is 2.79. The topological polar surface area (TPSA) is 58.6 Å². The Hall–Kier alpha value is -2.33. The molecule has 0 aromatic heterocycles. The fraction of sp³-hybridized carbons (Fsp3) is 0.235. The molecule has 21 heavy (non-hydrogen) atoms. The van der Waals surface area contributed by atoms with Crippen molar-refractivity contribution in [3.05, 3.63) is 65.7 Å². The van der Waals surface area contributed by atoms with Gasteiger partial charge in [-0.05, 0) is 23.3 Å². The summed E-state index contributed by atoms with van der Waals surface area (Å²) < 4.78 is 4.75. The van der Waals surface area contributed by atoms with Crippen molar-refractivity contribution in [2.24, 2.45) is 0 Å². The Balaban J connectivity index is 2.07. The highest BCUT2D eigenvalue weighted by Gasteiger charge is 2.15. The smallest absolute Gasteiger partial charge is 0.307 e. The molecule has 0 aliphatic carbocycles. The summed E-state index contributed by atoms with van der Waals surface area (Å²) in [7, 11) is 1.39. The summed E-state index contributed by atoms with van der Waals surface area (Å²) in [5.41, 5.74) is 1.99. The zero-order valence-electron chi connectivity index (χ0n) is 12.0. The molecule has 0 saturated carbocycles. The van der Waals surface area contributed by atoms with Crippen LogP contribution in [0.15, 0.2) is 54.6 Å². The zero-order valence-corrected chi connectivity index (χ0v) is 12.0. The number of phenols is 1. The quantitative estimate of drug-likeness (QED) is 0.801. The van der Waals surface area contributed by atoms with Crippen LogP contribution in [-0.2, 0) is 16.1 Å². The van der Waals surface area contributed by atoms with E-state index in [9.17, 15) is 9.90 Å². The number of hydrogen-bond donors (Lipinski definition) is 2. The van der Waals surface area contributed by atoms with Crippen LogP contribution in [0.5, 0.6) is 5.75 Å². The molecule has 0 fully saturated rings. The van der Waals surface area contributed by atoms with Gasteiger partial charge in [-0.15, -0.1) is 0 Å². The van der Waals surface area contributed by atoms with Crippen molar-refractivity contribution in [3.63, 3.8) is 0 Å². The van der Waals surface area contributed by atoms with Gasteiger partial charge in [0.2, 0.25) is 0 Å². The molecule has 0 aliphatic rings. The van der Waals surface area contributed by atoms with Gasteiger partial charge in [0, 0.05) is 12.6 Å². The van der Waals surface area contributed by atoms with Gasteiger partial charge in [0.15, 0.2) is 0 Å². The molecule has 4 nitrogen and oxygen atoms in total. The molecular formula is C17H19NO3. The maximum absolute atomic E-state index is 11.6. The van der Waals surface area contributed by atoms with E-state index in [1.165, 1.54) is 7.11 Å². The molecule has 0 heterocycles. The highest BCUT2D eigenvalue weighted by atomic mass is 16.5. The van der Waals surface area contributed by atoms with Crippen molar-refractivity contribution in [1.82, 2.24) is 5.32 Å². The Bertz CT molecular complexity index is 584. The first kappa shape index (κ1) is 15.1. The van der Waals surface area contributed by atoms with Crippen LogP contribution in [0, 0.1) is 0 Å². The Morgan fingerprint density at radius 3 is 2.62 bits per heavy atom. The number of nitrogens with one attached hydrogen (secondary N) is 1. The van der Waals surface area contributed by atoms with Gasteiger partial charge >= 0.3 is 5.97 Å². The van der Waals surface area contributed by atoms with Crippen LogP contribution in [0.25, 0.3) is 0 Å². The third-order valence-electron chi connectivity index (χ3n) is 3.26. The number of aromatic hydroxyl groups is 1. The molecule has 2 N–H and O–H groups in total. The molecule has 110 valence electrons. The lowest BCUT2D eigenvalue weighted by Crippen LogP contribution is -2.24. The first-order valence-corrected chi connectivity index (χ1v) is 6.82. The monoisotopic (exact) mass is 285 g/mol. The highest BCUT2D eigenvalue weighted by Crippen LogP contribution is 2.19. The molecule has 1 unspecified atom stereocenters. The van der Waals surface area contributed by atoms with Crippen LogP contribution in [0.3, 0.4) is 0 Å². The molecule has 4 heteroatoms. The zero-order chi connectivity index (χ0) is 15.1. The maximum atomic E-state index is 11.6. The van der Waals surface area contributed by atoms with E-state index in [0.717, 1.165) is 11.1 Å². The van der Waals surface area contributed by atoms with Crippen molar-refractivity contribution >= 4 is 5.97 Å². The summed E-state index contributed by atoms with van der Waals surface area (Å²) in [6, 6.07) is 16.7. The average Bonchev–Trinajstić information content (AvgIpc) is 2.52. The number of carbonyl (C=O) groups excluding carboxylic acids is 1.